The van der Waals surface area contributed by atoms with Crippen molar-refractivity contribution in [3.8, 4) is 0 Å². The van der Waals surface area contributed by atoms with Crippen LogP contribution in [0.25, 0.3) is 5.57 Å². The number of hydrogen-bond donors (Lipinski definition) is 0. The SMILES string of the molecule is CC(C)=C(C)c1c(C)c(C)[c-]c(C)c1C.[Cl-].[Mg+2]. The van der Waals surface area contributed by atoms with Gasteiger partial charge in [0.2, 0.25) is 0 Å². The van der Waals surface area contributed by atoms with E-state index in [4.69, 9.17) is 0 Å². The molecule has 0 fully saturated rings. The average molecular weight is 261 g/mol. The van der Waals surface area contributed by atoms with Crippen molar-refractivity contribution in [1.82, 2.24) is 0 Å². The van der Waals surface area contributed by atoms with Gasteiger partial charge >= 0.3 is 23.1 Å². The van der Waals surface area contributed by atoms with Gasteiger partial charge in [-0.1, -0.05) is 38.8 Å². The van der Waals surface area contributed by atoms with Gasteiger partial charge in [0.1, 0.15) is 0 Å². The Bertz CT molecular complexity index is 401. The van der Waals surface area contributed by atoms with Gasteiger partial charge in [-0.2, -0.15) is 17.2 Å². The van der Waals surface area contributed by atoms with Crippen LogP contribution in [0.15, 0.2) is 5.57 Å². The van der Waals surface area contributed by atoms with Crippen molar-refractivity contribution in [3.63, 3.8) is 0 Å². The first-order chi connectivity index (χ1) is 6.86. The summed E-state index contributed by atoms with van der Waals surface area (Å²) in [5.41, 5.74) is 9.51. The summed E-state index contributed by atoms with van der Waals surface area (Å²) in [6, 6.07) is 3.42. The van der Waals surface area contributed by atoms with Crippen LogP contribution in [0.3, 0.4) is 0 Å². The molecule has 0 saturated carbocycles. The van der Waals surface area contributed by atoms with Crippen molar-refractivity contribution in [2.75, 3.05) is 0 Å². The van der Waals surface area contributed by atoms with Gasteiger partial charge in [-0.25, -0.2) is 0 Å². The topological polar surface area (TPSA) is 0 Å². The molecule has 0 aromatic heterocycles. The molecule has 17 heavy (non-hydrogen) atoms. The van der Waals surface area contributed by atoms with Gasteiger partial charge in [-0.3, -0.25) is 0 Å². The van der Waals surface area contributed by atoms with Crippen LogP contribution in [0.4, 0.5) is 0 Å². The minimum absolute atomic E-state index is 0. The molecule has 0 nitrogen and oxygen atoms in total. The van der Waals surface area contributed by atoms with Crippen molar-refractivity contribution in [1.29, 1.82) is 0 Å². The second-order valence-electron chi connectivity index (χ2n) is 4.62. The molecule has 0 bridgehead atoms. The van der Waals surface area contributed by atoms with Gasteiger partial charge in [0.25, 0.3) is 0 Å². The van der Waals surface area contributed by atoms with E-state index in [1.807, 2.05) is 0 Å². The van der Waals surface area contributed by atoms with Gasteiger partial charge in [0.15, 0.2) is 0 Å². The van der Waals surface area contributed by atoms with Gasteiger partial charge < -0.3 is 12.4 Å². The zero-order valence-corrected chi connectivity index (χ0v) is 14.3. The smallest absolute Gasteiger partial charge is 1.00 e. The van der Waals surface area contributed by atoms with E-state index in [0.29, 0.717) is 0 Å². The van der Waals surface area contributed by atoms with Crippen molar-refractivity contribution in [3.05, 3.63) is 39.5 Å². The van der Waals surface area contributed by atoms with E-state index < -0.39 is 0 Å². The largest absolute Gasteiger partial charge is 2.00 e. The van der Waals surface area contributed by atoms with Crippen LogP contribution in [-0.4, -0.2) is 23.1 Å². The Morgan fingerprint density at radius 3 is 1.47 bits per heavy atom. The van der Waals surface area contributed by atoms with Crippen LogP contribution in [0.2, 0.25) is 0 Å². The molecule has 0 unspecified atom stereocenters. The molecule has 1 aromatic rings. The molecule has 0 radical (unpaired) electrons. The molecule has 0 heterocycles. The first kappa shape index (κ1) is 19.4. The standard InChI is InChI=1S/C15H21.ClH.Mg/c1-9(2)12(5)15-13(6)10(3)8-11(4)14(15)7;;/h1-7H3;1H;/q-1;;+2/p-1. The number of halogens is 1. The average Bonchev–Trinajstić information content (AvgIpc) is 2.15. The van der Waals surface area contributed by atoms with Crippen molar-refractivity contribution < 1.29 is 12.4 Å². The third-order valence-corrected chi connectivity index (χ3v) is 3.38. The maximum absolute atomic E-state index is 3.42. The van der Waals surface area contributed by atoms with Crippen LogP contribution < -0.4 is 12.4 Å². The van der Waals surface area contributed by atoms with E-state index in [1.165, 1.54) is 39.0 Å². The summed E-state index contributed by atoms with van der Waals surface area (Å²) < 4.78 is 0. The fraction of sp³-hybridized carbons (Fsp3) is 0.467. The maximum atomic E-state index is 3.42. The summed E-state index contributed by atoms with van der Waals surface area (Å²) >= 11 is 0. The Morgan fingerprint density at radius 1 is 0.824 bits per heavy atom. The number of aryl methyl sites for hydroxylation is 2. The predicted octanol–water partition coefficient (Wildman–Crippen LogP) is 1.16. The molecule has 90 valence electrons. The monoisotopic (exact) mass is 260 g/mol. The summed E-state index contributed by atoms with van der Waals surface area (Å²) in [6.45, 7) is 15.2. The maximum Gasteiger partial charge on any atom is 2.00 e. The van der Waals surface area contributed by atoms with Gasteiger partial charge in [0, 0.05) is 0 Å². The first-order valence-corrected chi connectivity index (χ1v) is 5.50. The second-order valence-corrected chi connectivity index (χ2v) is 4.62. The van der Waals surface area contributed by atoms with Crippen LogP contribution in [0.5, 0.6) is 0 Å². The molecule has 0 aliphatic heterocycles. The summed E-state index contributed by atoms with van der Waals surface area (Å²) in [7, 11) is 0. The zero-order valence-electron chi connectivity index (χ0n) is 12.1. The van der Waals surface area contributed by atoms with Gasteiger partial charge in [0.05, 0.1) is 0 Å². The Hall–Kier alpha value is 0.0162. The number of benzene rings is 1. The molecular weight excluding hydrogens is 240 g/mol. The van der Waals surface area contributed by atoms with Gasteiger partial charge in [-0.15, -0.1) is 16.7 Å². The predicted molar refractivity (Wildman–Crippen MR) is 73.9 cm³/mol. The van der Waals surface area contributed by atoms with Crippen LogP contribution >= 0.6 is 0 Å². The minimum atomic E-state index is 0. The van der Waals surface area contributed by atoms with Crippen LogP contribution in [-0.2, 0) is 0 Å². The summed E-state index contributed by atoms with van der Waals surface area (Å²) in [6.07, 6.45) is 0. The summed E-state index contributed by atoms with van der Waals surface area (Å²) in [5.74, 6) is 0. The van der Waals surface area contributed by atoms with Crippen LogP contribution in [0, 0.1) is 33.8 Å². The zero-order chi connectivity index (χ0) is 11.7. The molecule has 1 rings (SSSR count). The first-order valence-electron chi connectivity index (χ1n) is 5.50. The Morgan fingerprint density at radius 2 is 1.18 bits per heavy atom. The van der Waals surface area contributed by atoms with Gasteiger partial charge in [-0.05, 0) is 20.8 Å². The Balaban J connectivity index is 0. The molecule has 0 atom stereocenters. The van der Waals surface area contributed by atoms with E-state index in [1.54, 1.807) is 0 Å². The third kappa shape index (κ3) is 4.01. The Labute approximate surface area is 128 Å². The molecule has 0 spiro atoms. The molecule has 0 N–H and O–H groups in total. The van der Waals surface area contributed by atoms with Crippen molar-refractivity contribution in [2.45, 2.75) is 48.5 Å². The quantitative estimate of drug-likeness (QED) is 0.525. The fourth-order valence-corrected chi connectivity index (χ4v) is 1.94. The number of hydrogen-bond acceptors (Lipinski definition) is 0. The third-order valence-electron chi connectivity index (χ3n) is 3.38. The van der Waals surface area contributed by atoms with E-state index in [9.17, 15) is 0 Å². The number of rotatable bonds is 1. The van der Waals surface area contributed by atoms with Crippen molar-refractivity contribution >= 4 is 28.6 Å². The molecule has 2 heteroatoms. The van der Waals surface area contributed by atoms with Crippen LogP contribution in [0.1, 0.15) is 48.6 Å². The van der Waals surface area contributed by atoms with E-state index in [2.05, 4.69) is 54.5 Å². The molecule has 0 saturated heterocycles. The molecular formula is C15H21ClMg. The number of allylic oxidation sites excluding steroid dienone is 2. The van der Waals surface area contributed by atoms with Crippen molar-refractivity contribution in [2.24, 2.45) is 0 Å². The molecule has 0 aliphatic rings. The second kappa shape index (κ2) is 7.45. The molecule has 0 aliphatic carbocycles. The summed E-state index contributed by atoms with van der Waals surface area (Å²) in [5, 5.41) is 0. The molecule has 0 amide bonds. The molecule has 1 aromatic carbocycles. The minimum Gasteiger partial charge on any atom is -1.00 e. The van der Waals surface area contributed by atoms with E-state index in [-0.39, 0.29) is 35.5 Å². The Kier molecular flexibility index (Phi) is 8.48. The fourth-order valence-electron chi connectivity index (χ4n) is 1.94. The van der Waals surface area contributed by atoms with E-state index in [0.717, 1.165) is 0 Å². The normalized spacial score (nSPS) is 9.12. The van der Waals surface area contributed by atoms with E-state index >= 15 is 0 Å². The summed E-state index contributed by atoms with van der Waals surface area (Å²) in [4.78, 5) is 0.